The van der Waals surface area contributed by atoms with E-state index >= 15 is 0 Å². The van der Waals surface area contributed by atoms with Crippen molar-refractivity contribution in [2.24, 2.45) is 0 Å². The monoisotopic (exact) mass is 710 g/mol. The highest BCUT2D eigenvalue weighted by Gasteiger charge is 2.16. The smallest absolute Gasteiger partial charge is 0.295 e. The Morgan fingerprint density at radius 3 is 1.80 bits per heavy atom. The van der Waals surface area contributed by atoms with Crippen molar-refractivity contribution in [1.82, 2.24) is 29.9 Å². The molecule has 0 unspecified atom stereocenters. The van der Waals surface area contributed by atoms with Gasteiger partial charge in [-0.25, -0.2) is 9.97 Å². The lowest BCUT2D eigenvalue weighted by Crippen LogP contribution is -2.06. The van der Waals surface area contributed by atoms with E-state index in [2.05, 4.69) is 40.5 Å². The highest BCUT2D eigenvalue weighted by atomic mass is 35.5. The summed E-state index contributed by atoms with van der Waals surface area (Å²) in [6, 6.07) is 29.5. The predicted molar refractivity (Wildman–Crippen MR) is 191 cm³/mol. The minimum Gasteiger partial charge on any atom is -0.324 e. The number of aryl methyl sites for hydroxylation is 1. The van der Waals surface area contributed by atoms with E-state index in [1.54, 1.807) is 24.3 Å². The summed E-state index contributed by atoms with van der Waals surface area (Å²) in [7, 11) is -4.59. The van der Waals surface area contributed by atoms with Crippen LogP contribution >= 0.6 is 23.2 Å². The summed E-state index contributed by atoms with van der Waals surface area (Å²) in [4.78, 5) is 25.4. The minimum absolute atomic E-state index is 0.0127. The molecule has 3 N–H and O–H groups in total. The normalized spacial score (nSPS) is 11.5. The van der Waals surface area contributed by atoms with Gasteiger partial charge in [-0.1, -0.05) is 84.9 Å². The molecule has 0 aliphatic carbocycles. The van der Waals surface area contributed by atoms with Gasteiger partial charge in [-0.2, -0.15) is 28.4 Å². The molecule has 0 atom stereocenters. The maximum Gasteiger partial charge on any atom is 0.295 e. The van der Waals surface area contributed by atoms with Crippen molar-refractivity contribution in [3.05, 3.63) is 147 Å². The SMILES string of the molecule is Cc1cc(Cc2nc(Cl)nc(Nc3ccccc3)n2)ccc1/C=C/c1ccc(Nc2nc(Cl)nc(Cc3ccccc3)n2)cc1S(=O)(=O)O. The van der Waals surface area contributed by atoms with Crippen LogP contribution in [0.1, 0.15) is 39.5 Å². The molecule has 0 bridgehead atoms. The van der Waals surface area contributed by atoms with Crippen LogP contribution in [-0.4, -0.2) is 42.9 Å². The highest BCUT2D eigenvalue weighted by molar-refractivity contribution is 7.86. The van der Waals surface area contributed by atoms with Gasteiger partial charge >= 0.3 is 0 Å². The second-order valence-electron chi connectivity index (χ2n) is 10.9. The first kappa shape index (κ1) is 33.6. The Morgan fingerprint density at radius 1 is 0.633 bits per heavy atom. The summed E-state index contributed by atoms with van der Waals surface area (Å²) in [6.07, 6.45) is 4.24. The number of hydrogen-bond donors (Lipinski definition) is 3. The molecule has 0 fully saturated rings. The lowest BCUT2D eigenvalue weighted by Gasteiger charge is -2.10. The topological polar surface area (TPSA) is 156 Å². The molecule has 0 radical (unpaired) electrons. The van der Waals surface area contributed by atoms with Gasteiger partial charge in [-0.05, 0) is 82.2 Å². The maximum absolute atomic E-state index is 12.4. The fourth-order valence-electron chi connectivity index (χ4n) is 4.98. The first-order chi connectivity index (χ1) is 23.6. The number of rotatable bonds is 11. The minimum atomic E-state index is -4.59. The number of anilines is 4. The Hall–Kier alpha value is -5.27. The van der Waals surface area contributed by atoms with E-state index in [1.165, 1.54) is 6.07 Å². The third-order valence-electron chi connectivity index (χ3n) is 7.23. The first-order valence-electron chi connectivity index (χ1n) is 14.9. The number of para-hydroxylation sites is 1. The number of aromatic nitrogens is 6. The number of nitrogens with one attached hydrogen (secondary N) is 2. The van der Waals surface area contributed by atoms with E-state index in [0.29, 0.717) is 36.1 Å². The fraction of sp³-hybridized carbons (Fsp3) is 0.0857. The van der Waals surface area contributed by atoms with Crippen molar-refractivity contribution in [3.63, 3.8) is 0 Å². The van der Waals surface area contributed by atoms with E-state index in [1.807, 2.05) is 85.8 Å². The summed E-state index contributed by atoms with van der Waals surface area (Å²) < 4.78 is 34.9. The second-order valence-corrected chi connectivity index (χ2v) is 13.0. The first-order valence-corrected chi connectivity index (χ1v) is 17.1. The molecule has 0 aliphatic rings. The van der Waals surface area contributed by atoms with Gasteiger partial charge in [0.15, 0.2) is 0 Å². The molecule has 0 amide bonds. The summed E-state index contributed by atoms with van der Waals surface area (Å²) >= 11 is 12.3. The molecule has 14 heteroatoms. The standard InChI is InChI=1S/C35H28Cl2N8O3S/c1-22-18-24(20-31-41-33(37)44-34(43-31)38-27-10-6-3-7-11-27)12-13-25(22)14-15-26-16-17-28(21-29(26)49(46,47)48)39-35-42-30(40-32(36)45-35)19-23-8-4-2-5-9-23/h2-18,21H,19-20H2,1H3,(H,46,47,48)(H,38,41,43,44)(H,39,40,42,45)/b15-14+. The average molecular weight is 712 g/mol. The van der Waals surface area contributed by atoms with Crippen LogP contribution in [-0.2, 0) is 23.0 Å². The van der Waals surface area contributed by atoms with Crippen LogP contribution in [0.5, 0.6) is 0 Å². The van der Waals surface area contributed by atoms with Gasteiger partial charge in [0.1, 0.15) is 16.5 Å². The number of benzene rings is 4. The molecular formula is C35H28Cl2N8O3S. The average Bonchev–Trinajstić information content (AvgIpc) is 3.05. The zero-order valence-corrected chi connectivity index (χ0v) is 28.2. The van der Waals surface area contributed by atoms with E-state index in [0.717, 1.165) is 27.9 Å². The molecule has 0 spiro atoms. The van der Waals surface area contributed by atoms with Crippen molar-refractivity contribution in [1.29, 1.82) is 0 Å². The Kier molecular flexibility index (Phi) is 10.2. The molecule has 0 saturated carbocycles. The number of halogens is 2. The van der Waals surface area contributed by atoms with E-state index < -0.39 is 10.1 Å². The van der Waals surface area contributed by atoms with Crippen LogP contribution < -0.4 is 10.6 Å². The molecule has 246 valence electrons. The Morgan fingerprint density at radius 2 is 1.18 bits per heavy atom. The molecule has 11 nitrogen and oxygen atoms in total. The number of hydrogen-bond acceptors (Lipinski definition) is 10. The highest BCUT2D eigenvalue weighted by Crippen LogP contribution is 2.26. The van der Waals surface area contributed by atoms with Gasteiger partial charge in [0.05, 0.1) is 0 Å². The van der Waals surface area contributed by atoms with Crippen molar-refractivity contribution < 1.29 is 13.0 Å². The summed E-state index contributed by atoms with van der Waals surface area (Å²) in [5, 5.41) is 6.17. The molecule has 4 aromatic carbocycles. The summed E-state index contributed by atoms with van der Waals surface area (Å²) in [5.74, 6) is 1.42. The van der Waals surface area contributed by atoms with Crippen molar-refractivity contribution in [2.75, 3.05) is 10.6 Å². The largest absolute Gasteiger partial charge is 0.324 e. The van der Waals surface area contributed by atoms with E-state index in [-0.39, 0.29) is 27.0 Å². The zero-order chi connectivity index (χ0) is 34.4. The van der Waals surface area contributed by atoms with E-state index in [9.17, 15) is 13.0 Å². The lowest BCUT2D eigenvalue weighted by molar-refractivity contribution is 0.483. The van der Waals surface area contributed by atoms with Gasteiger partial charge in [0.25, 0.3) is 10.1 Å². The van der Waals surface area contributed by atoms with Gasteiger partial charge in [0, 0.05) is 24.2 Å². The lowest BCUT2D eigenvalue weighted by atomic mass is 10.0. The Bertz CT molecular complexity index is 2260. The third-order valence-corrected chi connectivity index (χ3v) is 8.48. The van der Waals surface area contributed by atoms with Gasteiger partial charge < -0.3 is 10.6 Å². The molecule has 0 saturated heterocycles. The third kappa shape index (κ3) is 9.21. The van der Waals surface area contributed by atoms with Crippen LogP contribution in [0.3, 0.4) is 0 Å². The molecular weight excluding hydrogens is 683 g/mol. The predicted octanol–water partition coefficient (Wildman–Crippen LogP) is 7.76. The van der Waals surface area contributed by atoms with E-state index in [4.69, 9.17) is 23.2 Å². The number of nitrogens with zero attached hydrogens (tertiary/aromatic N) is 6. The van der Waals surface area contributed by atoms with Gasteiger partial charge in [-0.15, -0.1) is 0 Å². The molecule has 6 aromatic rings. The van der Waals surface area contributed by atoms with Crippen molar-refractivity contribution >= 4 is 68.7 Å². The van der Waals surface area contributed by atoms with Crippen LogP contribution in [0.2, 0.25) is 10.6 Å². The van der Waals surface area contributed by atoms with Crippen LogP contribution in [0.25, 0.3) is 12.2 Å². The van der Waals surface area contributed by atoms with Crippen LogP contribution in [0, 0.1) is 6.92 Å². The maximum atomic E-state index is 12.4. The Balaban J connectivity index is 1.18. The zero-order valence-electron chi connectivity index (χ0n) is 25.9. The summed E-state index contributed by atoms with van der Waals surface area (Å²) in [6.45, 7) is 1.94. The van der Waals surface area contributed by atoms with Gasteiger partial charge in [-0.3, -0.25) is 4.55 Å². The van der Waals surface area contributed by atoms with Crippen molar-refractivity contribution in [3.8, 4) is 0 Å². The van der Waals surface area contributed by atoms with Crippen molar-refractivity contribution in [2.45, 2.75) is 24.7 Å². The molecule has 2 aromatic heterocycles. The second kappa shape index (κ2) is 14.9. The van der Waals surface area contributed by atoms with Crippen LogP contribution in [0.15, 0.2) is 102 Å². The Labute approximate surface area is 293 Å². The fourth-order valence-corrected chi connectivity index (χ4v) is 6.05. The van der Waals surface area contributed by atoms with Gasteiger partial charge in [0.2, 0.25) is 22.5 Å². The molecule has 0 aliphatic heterocycles. The molecule has 2 heterocycles. The molecule has 49 heavy (non-hydrogen) atoms. The quantitative estimate of drug-likeness (QED) is 0.0892. The summed E-state index contributed by atoms with van der Waals surface area (Å²) in [5.41, 5.74) is 5.16. The van der Waals surface area contributed by atoms with Crippen LogP contribution in [0.4, 0.5) is 23.3 Å². The molecule has 6 rings (SSSR count).